The van der Waals surface area contributed by atoms with Gasteiger partial charge in [0, 0.05) is 17.7 Å². The molecule has 0 saturated carbocycles. The van der Waals surface area contributed by atoms with E-state index in [0.29, 0.717) is 0 Å². The summed E-state index contributed by atoms with van der Waals surface area (Å²) in [4.78, 5) is 0. The number of nitrogens with zero attached hydrogens (tertiary/aromatic N) is 1. The van der Waals surface area contributed by atoms with E-state index in [0.717, 1.165) is 22.8 Å². The van der Waals surface area contributed by atoms with Gasteiger partial charge in [0.25, 0.3) is 0 Å². The minimum absolute atomic E-state index is 0.729. The first kappa shape index (κ1) is 9.58. The molecule has 1 aromatic heterocycles. The molecule has 0 unspecified atom stereocenters. The molecule has 0 radical (unpaired) electrons. The summed E-state index contributed by atoms with van der Waals surface area (Å²) in [5.74, 6) is 1.46. The van der Waals surface area contributed by atoms with Crippen molar-refractivity contribution in [3.63, 3.8) is 0 Å². The molecule has 0 atom stereocenters. The van der Waals surface area contributed by atoms with Gasteiger partial charge in [-0.15, -0.1) is 0 Å². The molecule has 0 aliphatic carbocycles. The molecule has 0 N–H and O–H groups in total. The number of methoxy groups -OCH3 is 2. The van der Waals surface area contributed by atoms with Crippen molar-refractivity contribution in [2.75, 3.05) is 14.2 Å². The summed E-state index contributed by atoms with van der Waals surface area (Å²) in [6, 6.07) is 7.35. The van der Waals surface area contributed by atoms with Gasteiger partial charge in [0.15, 0.2) is 0 Å². The summed E-state index contributed by atoms with van der Waals surface area (Å²) >= 11 is 0. The quantitative estimate of drug-likeness (QED) is 0.771. The molecule has 1 aromatic carbocycles. The molecule has 1 heterocycles. The van der Waals surface area contributed by atoms with Crippen molar-refractivity contribution in [2.24, 2.45) is 0 Å². The van der Waals surface area contributed by atoms with Crippen LogP contribution in [-0.4, -0.2) is 19.4 Å². The molecule has 4 heteroatoms. The van der Waals surface area contributed by atoms with Crippen LogP contribution in [0.15, 0.2) is 35.1 Å². The topological polar surface area (TPSA) is 44.5 Å². The maximum absolute atomic E-state index is 5.16. The lowest BCUT2D eigenvalue weighted by molar-refractivity contribution is 0.394. The smallest absolute Gasteiger partial charge is 0.124 e. The molecule has 0 spiro atoms. The minimum Gasteiger partial charge on any atom is -0.497 e. The van der Waals surface area contributed by atoms with Crippen molar-refractivity contribution in [3.05, 3.63) is 30.5 Å². The third kappa shape index (κ3) is 1.93. The molecule has 78 valence electrons. The molecule has 4 nitrogen and oxygen atoms in total. The Hall–Kier alpha value is -1.97. The van der Waals surface area contributed by atoms with E-state index in [2.05, 4.69) is 5.16 Å². The van der Waals surface area contributed by atoms with Crippen LogP contribution in [0.25, 0.3) is 11.3 Å². The van der Waals surface area contributed by atoms with Gasteiger partial charge in [-0.1, -0.05) is 5.16 Å². The number of ether oxygens (including phenoxy) is 2. The molecule has 0 bridgehead atoms. The molecular weight excluding hydrogens is 194 g/mol. The first-order chi connectivity index (χ1) is 7.33. The highest BCUT2D eigenvalue weighted by molar-refractivity contribution is 5.63. The van der Waals surface area contributed by atoms with E-state index >= 15 is 0 Å². The maximum atomic E-state index is 5.16. The van der Waals surface area contributed by atoms with Crippen molar-refractivity contribution in [3.8, 4) is 22.8 Å². The number of aromatic nitrogens is 1. The lowest BCUT2D eigenvalue weighted by Crippen LogP contribution is -1.88. The second kappa shape index (κ2) is 4.04. The van der Waals surface area contributed by atoms with Crippen molar-refractivity contribution in [1.29, 1.82) is 0 Å². The monoisotopic (exact) mass is 205 g/mol. The number of hydrogen-bond donors (Lipinski definition) is 0. The van der Waals surface area contributed by atoms with Gasteiger partial charge < -0.3 is 14.0 Å². The standard InChI is InChI=1S/C11H11NO3/c1-13-9-5-8(6-10(7-9)14-2)11-3-4-15-12-11/h3-7H,1-2H3. The average Bonchev–Trinajstić information content (AvgIpc) is 2.81. The Morgan fingerprint density at radius 1 is 1.07 bits per heavy atom. The predicted molar refractivity (Wildman–Crippen MR) is 55.0 cm³/mol. The lowest BCUT2D eigenvalue weighted by Gasteiger charge is -2.06. The zero-order valence-corrected chi connectivity index (χ0v) is 8.56. The van der Waals surface area contributed by atoms with Crippen LogP contribution >= 0.6 is 0 Å². The largest absolute Gasteiger partial charge is 0.497 e. The van der Waals surface area contributed by atoms with Crippen molar-refractivity contribution >= 4 is 0 Å². The van der Waals surface area contributed by atoms with Crippen LogP contribution < -0.4 is 9.47 Å². The highest BCUT2D eigenvalue weighted by Crippen LogP contribution is 2.28. The van der Waals surface area contributed by atoms with Crippen LogP contribution in [0.4, 0.5) is 0 Å². The zero-order valence-electron chi connectivity index (χ0n) is 8.56. The van der Waals surface area contributed by atoms with Crippen LogP contribution in [0, 0.1) is 0 Å². The fraction of sp³-hybridized carbons (Fsp3) is 0.182. The van der Waals surface area contributed by atoms with Crippen LogP contribution in [0.2, 0.25) is 0 Å². The third-order valence-electron chi connectivity index (χ3n) is 2.09. The highest BCUT2D eigenvalue weighted by atomic mass is 16.5. The van der Waals surface area contributed by atoms with E-state index < -0.39 is 0 Å². The SMILES string of the molecule is COc1cc(OC)cc(-c2ccon2)c1. The Kier molecular flexibility index (Phi) is 2.58. The molecule has 15 heavy (non-hydrogen) atoms. The normalized spacial score (nSPS) is 10.0. The number of hydrogen-bond acceptors (Lipinski definition) is 4. The second-order valence-corrected chi connectivity index (χ2v) is 2.99. The molecule has 0 aliphatic heterocycles. The van der Waals surface area contributed by atoms with Gasteiger partial charge in [-0.05, 0) is 12.1 Å². The van der Waals surface area contributed by atoms with E-state index in [1.165, 1.54) is 6.26 Å². The Bertz CT molecular complexity index is 415. The Morgan fingerprint density at radius 3 is 2.20 bits per heavy atom. The van der Waals surface area contributed by atoms with E-state index in [-0.39, 0.29) is 0 Å². The summed E-state index contributed by atoms with van der Waals surface area (Å²) < 4.78 is 15.1. The highest BCUT2D eigenvalue weighted by Gasteiger charge is 2.06. The van der Waals surface area contributed by atoms with E-state index in [1.54, 1.807) is 20.3 Å². The molecule has 0 saturated heterocycles. The Balaban J connectivity index is 2.47. The number of benzene rings is 1. The first-order valence-electron chi connectivity index (χ1n) is 4.47. The lowest BCUT2D eigenvalue weighted by atomic mass is 10.1. The zero-order chi connectivity index (χ0) is 10.7. The molecule has 2 rings (SSSR count). The summed E-state index contributed by atoms with van der Waals surface area (Å²) in [5, 5.41) is 3.85. The van der Waals surface area contributed by atoms with Crippen LogP contribution in [-0.2, 0) is 0 Å². The summed E-state index contributed by atoms with van der Waals surface area (Å²) in [6.07, 6.45) is 1.53. The fourth-order valence-corrected chi connectivity index (χ4v) is 1.32. The molecule has 2 aromatic rings. The number of rotatable bonds is 3. The summed E-state index contributed by atoms with van der Waals surface area (Å²) in [6.45, 7) is 0. The summed E-state index contributed by atoms with van der Waals surface area (Å²) in [5.41, 5.74) is 1.66. The predicted octanol–water partition coefficient (Wildman–Crippen LogP) is 2.36. The Labute approximate surface area is 87.4 Å². The van der Waals surface area contributed by atoms with Gasteiger partial charge in [-0.2, -0.15) is 0 Å². The van der Waals surface area contributed by atoms with Crippen molar-refractivity contribution in [2.45, 2.75) is 0 Å². The average molecular weight is 205 g/mol. The van der Waals surface area contributed by atoms with Gasteiger partial charge in [0.05, 0.1) is 14.2 Å². The van der Waals surface area contributed by atoms with Gasteiger partial charge in [-0.3, -0.25) is 0 Å². The van der Waals surface area contributed by atoms with Crippen LogP contribution in [0.3, 0.4) is 0 Å². The summed E-state index contributed by atoms with van der Waals surface area (Å²) in [7, 11) is 3.22. The van der Waals surface area contributed by atoms with Gasteiger partial charge >= 0.3 is 0 Å². The maximum Gasteiger partial charge on any atom is 0.124 e. The molecule has 0 amide bonds. The van der Waals surface area contributed by atoms with Gasteiger partial charge in [-0.25, -0.2) is 0 Å². The van der Waals surface area contributed by atoms with Gasteiger partial charge in [0.1, 0.15) is 23.5 Å². The third-order valence-corrected chi connectivity index (χ3v) is 2.09. The van der Waals surface area contributed by atoms with Crippen molar-refractivity contribution < 1.29 is 14.0 Å². The fourth-order valence-electron chi connectivity index (χ4n) is 1.32. The van der Waals surface area contributed by atoms with E-state index in [4.69, 9.17) is 14.0 Å². The minimum atomic E-state index is 0.729. The molecular formula is C11H11NO3. The van der Waals surface area contributed by atoms with Crippen molar-refractivity contribution in [1.82, 2.24) is 5.16 Å². The Morgan fingerprint density at radius 2 is 1.73 bits per heavy atom. The van der Waals surface area contributed by atoms with E-state index in [1.807, 2.05) is 18.2 Å². The molecule has 0 aliphatic rings. The molecule has 0 fully saturated rings. The first-order valence-corrected chi connectivity index (χ1v) is 4.47. The van der Waals surface area contributed by atoms with Crippen LogP contribution in [0.1, 0.15) is 0 Å². The van der Waals surface area contributed by atoms with Crippen LogP contribution in [0.5, 0.6) is 11.5 Å². The van der Waals surface area contributed by atoms with Gasteiger partial charge in [0.2, 0.25) is 0 Å². The van der Waals surface area contributed by atoms with E-state index in [9.17, 15) is 0 Å². The second-order valence-electron chi connectivity index (χ2n) is 2.99.